The molecule has 21 heavy (non-hydrogen) atoms. The van der Waals surface area contributed by atoms with E-state index in [-0.39, 0.29) is 11.4 Å². The van der Waals surface area contributed by atoms with Crippen molar-refractivity contribution in [2.24, 2.45) is 0 Å². The molecule has 1 amide bonds. The van der Waals surface area contributed by atoms with Gasteiger partial charge in [0.2, 0.25) is 5.82 Å². The fourth-order valence-corrected chi connectivity index (χ4v) is 1.53. The molecule has 0 aliphatic carbocycles. The lowest BCUT2D eigenvalue weighted by atomic mass is 10.2. The van der Waals surface area contributed by atoms with Crippen LogP contribution in [0.5, 0.6) is 0 Å². The number of nitro benzene ring substituents is 1. The van der Waals surface area contributed by atoms with Crippen molar-refractivity contribution in [3.05, 3.63) is 57.9 Å². The fraction of sp³-hybridized carbons (Fsp3) is 0. The summed E-state index contributed by atoms with van der Waals surface area (Å²) in [6.07, 6.45) is 1.27. The first-order valence-corrected chi connectivity index (χ1v) is 5.55. The lowest BCUT2D eigenvalue weighted by Crippen LogP contribution is -2.15. The van der Waals surface area contributed by atoms with Gasteiger partial charge in [0.15, 0.2) is 0 Å². The lowest BCUT2D eigenvalue weighted by molar-refractivity contribution is -0.387. The highest BCUT2D eigenvalue weighted by Crippen LogP contribution is 2.25. The van der Waals surface area contributed by atoms with E-state index in [9.17, 15) is 23.7 Å². The molecule has 0 fully saturated rings. The van der Waals surface area contributed by atoms with Gasteiger partial charge in [-0.05, 0) is 12.1 Å². The van der Waals surface area contributed by atoms with Crippen LogP contribution in [0.25, 0.3) is 0 Å². The number of amides is 1. The average Bonchev–Trinajstić information content (AvgIpc) is 2.41. The maximum atomic E-state index is 13.5. The van der Waals surface area contributed by atoms with E-state index in [0.717, 1.165) is 0 Å². The van der Waals surface area contributed by atoms with E-state index in [0.29, 0.717) is 12.1 Å². The van der Waals surface area contributed by atoms with Crippen LogP contribution in [0.15, 0.2) is 30.5 Å². The summed E-state index contributed by atoms with van der Waals surface area (Å²) in [6, 6.07) is 3.60. The van der Waals surface area contributed by atoms with Crippen molar-refractivity contribution in [1.82, 2.24) is 4.98 Å². The Hall–Kier alpha value is -3.10. The summed E-state index contributed by atoms with van der Waals surface area (Å²) in [6.45, 7) is 0. The molecule has 0 saturated carbocycles. The average molecular weight is 294 g/mol. The Morgan fingerprint density at radius 2 is 2.00 bits per heavy atom. The number of hydrogen-bond donors (Lipinski definition) is 2. The van der Waals surface area contributed by atoms with Gasteiger partial charge in [-0.15, -0.1) is 0 Å². The second-order valence-electron chi connectivity index (χ2n) is 3.97. The van der Waals surface area contributed by atoms with Crippen LogP contribution in [-0.2, 0) is 0 Å². The number of hydrogen-bond acceptors (Lipinski definition) is 5. The fourth-order valence-electron chi connectivity index (χ4n) is 1.53. The first-order chi connectivity index (χ1) is 9.88. The van der Waals surface area contributed by atoms with Crippen LogP contribution in [-0.4, -0.2) is 15.8 Å². The Morgan fingerprint density at radius 1 is 1.29 bits per heavy atom. The third-order valence-electron chi connectivity index (χ3n) is 2.50. The summed E-state index contributed by atoms with van der Waals surface area (Å²) in [4.78, 5) is 25.1. The summed E-state index contributed by atoms with van der Waals surface area (Å²) in [5, 5.41) is 12.7. The summed E-state index contributed by atoms with van der Waals surface area (Å²) >= 11 is 0. The summed E-state index contributed by atoms with van der Waals surface area (Å²) in [7, 11) is 0. The number of aromatic nitrogens is 1. The minimum atomic E-state index is -1.34. The number of nitrogen functional groups attached to an aromatic ring is 1. The monoisotopic (exact) mass is 294 g/mol. The SMILES string of the molecule is Nc1ccnc(C(=O)Nc2cc([N+](=O)[O-])c(F)cc2F)c1. The molecule has 7 nitrogen and oxygen atoms in total. The molecule has 1 aromatic heterocycles. The molecule has 0 unspecified atom stereocenters. The van der Waals surface area contributed by atoms with Gasteiger partial charge in [0, 0.05) is 24.0 Å². The van der Waals surface area contributed by atoms with E-state index in [1.165, 1.54) is 18.3 Å². The van der Waals surface area contributed by atoms with Gasteiger partial charge in [-0.2, -0.15) is 4.39 Å². The number of pyridine rings is 1. The van der Waals surface area contributed by atoms with Gasteiger partial charge in [0.1, 0.15) is 11.5 Å². The van der Waals surface area contributed by atoms with Crippen molar-refractivity contribution in [1.29, 1.82) is 0 Å². The molecule has 0 spiro atoms. The Kier molecular flexibility index (Phi) is 3.74. The van der Waals surface area contributed by atoms with Gasteiger partial charge >= 0.3 is 5.69 Å². The normalized spacial score (nSPS) is 10.2. The molecule has 0 bridgehead atoms. The molecule has 108 valence electrons. The third-order valence-corrected chi connectivity index (χ3v) is 2.50. The second-order valence-corrected chi connectivity index (χ2v) is 3.97. The number of rotatable bonds is 3. The largest absolute Gasteiger partial charge is 0.399 e. The van der Waals surface area contributed by atoms with E-state index >= 15 is 0 Å². The second kappa shape index (κ2) is 5.49. The predicted molar refractivity (Wildman–Crippen MR) is 69.6 cm³/mol. The number of nitro groups is 1. The Labute approximate surface area is 116 Å². The number of halogens is 2. The van der Waals surface area contributed by atoms with E-state index < -0.39 is 33.8 Å². The van der Waals surface area contributed by atoms with Crippen LogP contribution in [0.1, 0.15) is 10.5 Å². The molecule has 2 aromatic rings. The molecule has 0 saturated heterocycles. The van der Waals surface area contributed by atoms with E-state index in [2.05, 4.69) is 10.3 Å². The first kappa shape index (κ1) is 14.3. The molecule has 1 aromatic carbocycles. The van der Waals surface area contributed by atoms with Gasteiger partial charge in [0.25, 0.3) is 5.91 Å². The topological polar surface area (TPSA) is 111 Å². The number of nitrogens with two attached hydrogens (primary N) is 1. The van der Waals surface area contributed by atoms with Crippen molar-refractivity contribution in [3.8, 4) is 0 Å². The van der Waals surface area contributed by atoms with Gasteiger partial charge in [-0.3, -0.25) is 19.9 Å². The van der Waals surface area contributed by atoms with Gasteiger partial charge in [-0.25, -0.2) is 4.39 Å². The van der Waals surface area contributed by atoms with E-state index in [1.54, 1.807) is 0 Å². The van der Waals surface area contributed by atoms with E-state index in [4.69, 9.17) is 5.73 Å². The van der Waals surface area contributed by atoms with Crippen molar-refractivity contribution in [2.45, 2.75) is 0 Å². The predicted octanol–water partition coefficient (Wildman–Crippen LogP) is 2.10. The Bertz CT molecular complexity index is 736. The molecule has 0 aliphatic heterocycles. The quantitative estimate of drug-likeness (QED) is 0.665. The molecular formula is C12H8F2N4O3. The van der Waals surface area contributed by atoms with Gasteiger partial charge in [-0.1, -0.05) is 0 Å². The van der Waals surface area contributed by atoms with Crippen molar-refractivity contribution < 1.29 is 18.5 Å². The van der Waals surface area contributed by atoms with Crippen LogP contribution in [0.2, 0.25) is 0 Å². The summed E-state index contributed by atoms with van der Waals surface area (Å²) in [5.74, 6) is -3.31. The summed E-state index contributed by atoms with van der Waals surface area (Å²) < 4.78 is 26.7. The number of carbonyl (C=O) groups is 1. The highest BCUT2D eigenvalue weighted by molar-refractivity contribution is 6.03. The number of carbonyl (C=O) groups excluding carboxylic acids is 1. The molecule has 3 N–H and O–H groups in total. The smallest absolute Gasteiger partial charge is 0.307 e. The molecular weight excluding hydrogens is 286 g/mol. The van der Waals surface area contributed by atoms with Gasteiger partial charge in [0.05, 0.1) is 10.6 Å². The van der Waals surface area contributed by atoms with Gasteiger partial charge < -0.3 is 11.1 Å². The van der Waals surface area contributed by atoms with Crippen LogP contribution in [0.4, 0.5) is 25.8 Å². The highest BCUT2D eigenvalue weighted by Gasteiger charge is 2.20. The van der Waals surface area contributed by atoms with Crippen molar-refractivity contribution in [3.63, 3.8) is 0 Å². The van der Waals surface area contributed by atoms with Crippen molar-refractivity contribution in [2.75, 3.05) is 11.1 Å². The minimum absolute atomic E-state index is 0.110. The number of nitrogens with zero attached hydrogens (tertiary/aromatic N) is 2. The zero-order chi connectivity index (χ0) is 15.6. The minimum Gasteiger partial charge on any atom is -0.399 e. The molecule has 2 rings (SSSR count). The zero-order valence-corrected chi connectivity index (χ0v) is 10.3. The van der Waals surface area contributed by atoms with Crippen LogP contribution < -0.4 is 11.1 Å². The standard InChI is InChI=1S/C12H8F2N4O3/c13-7-4-8(14)11(18(20)21)5-9(7)17-12(19)10-3-6(15)1-2-16-10/h1-5H,(H2,15,16)(H,17,19). The number of anilines is 2. The van der Waals surface area contributed by atoms with Crippen LogP contribution in [0, 0.1) is 21.7 Å². The maximum absolute atomic E-state index is 13.5. The molecule has 0 aliphatic rings. The molecule has 0 radical (unpaired) electrons. The molecule has 9 heteroatoms. The summed E-state index contributed by atoms with van der Waals surface area (Å²) in [5.41, 5.74) is 4.14. The number of benzene rings is 1. The molecule has 1 heterocycles. The third kappa shape index (κ3) is 3.08. The maximum Gasteiger partial charge on any atom is 0.307 e. The van der Waals surface area contributed by atoms with E-state index in [1.807, 2.05) is 0 Å². The Morgan fingerprint density at radius 3 is 2.62 bits per heavy atom. The van der Waals surface area contributed by atoms with Crippen LogP contribution in [0.3, 0.4) is 0 Å². The highest BCUT2D eigenvalue weighted by atomic mass is 19.1. The molecule has 0 atom stereocenters. The Balaban J connectivity index is 2.33. The first-order valence-electron chi connectivity index (χ1n) is 5.55. The zero-order valence-electron chi connectivity index (χ0n) is 10.3. The van der Waals surface area contributed by atoms with Crippen LogP contribution >= 0.6 is 0 Å². The lowest BCUT2D eigenvalue weighted by Gasteiger charge is -2.06. The number of nitrogens with one attached hydrogen (secondary N) is 1. The van der Waals surface area contributed by atoms with Crippen molar-refractivity contribution >= 4 is 23.0 Å².